The summed E-state index contributed by atoms with van der Waals surface area (Å²) in [5, 5.41) is 8.29. The smallest absolute Gasteiger partial charge is 0.340 e. The van der Waals surface area contributed by atoms with Crippen molar-refractivity contribution in [3.05, 3.63) is 35.0 Å². The molecule has 2 fully saturated rings. The van der Waals surface area contributed by atoms with E-state index in [1.54, 1.807) is 0 Å². The summed E-state index contributed by atoms with van der Waals surface area (Å²) < 4.78 is 7.44. The summed E-state index contributed by atoms with van der Waals surface area (Å²) in [6.07, 6.45) is 5.49. The van der Waals surface area contributed by atoms with Crippen LogP contribution in [-0.4, -0.2) is 22.7 Å². The molecule has 4 nitrogen and oxygen atoms in total. The number of rotatable bonds is 6. The third-order valence-electron chi connectivity index (χ3n) is 6.30. The van der Waals surface area contributed by atoms with Crippen molar-refractivity contribution in [3.8, 4) is 0 Å². The number of hydrogen-bond donors (Lipinski definition) is 1. The molecule has 1 aromatic heterocycles. The molecular formula is C21H26N2O2S. The second-order valence-corrected chi connectivity index (χ2v) is 8.45. The summed E-state index contributed by atoms with van der Waals surface area (Å²) >= 11 is 1.39. The second kappa shape index (κ2) is 7.10. The standard InChI is InChI=1S/C21H26N2O2S/c1-3-25-21(24)20-16-7-6-15(17-9-13-4-5-14(17)8-13)10-18(16)23(2)19(20)11-26-12-22/h6-7,10,12-14,17,22H,3-5,8-9,11H2,1-2H3. The van der Waals surface area contributed by atoms with Crippen molar-refractivity contribution in [2.45, 2.75) is 44.3 Å². The van der Waals surface area contributed by atoms with Gasteiger partial charge in [0, 0.05) is 29.4 Å². The van der Waals surface area contributed by atoms with Crippen LogP contribution in [0, 0.1) is 17.2 Å². The molecule has 0 saturated heterocycles. The van der Waals surface area contributed by atoms with Crippen molar-refractivity contribution in [3.63, 3.8) is 0 Å². The second-order valence-electron chi connectivity index (χ2n) is 7.59. The molecule has 1 N–H and O–H groups in total. The fraction of sp³-hybridized carbons (Fsp3) is 0.524. The van der Waals surface area contributed by atoms with Crippen molar-refractivity contribution in [2.24, 2.45) is 18.9 Å². The molecule has 5 heteroatoms. The first kappa shape index (κ1) is 17.7. The number of thioether (sulfide) groups is 1. The predicted octanol–water partition coefficient (Wildman–Crippen LogP) is 5.10. The number of aromatic nitrogens is 1. The molecule has 2 aliphatic carbocycles. The Morgan fingerprint density at radius 2 is 2.23 bits per heavy atom. The molecule has 3 unspecified atom stereocenters. The molecule has 1 heterocycles. The van der Waals surface area contributed by atoms with Crippen LogP contribution in [0.25, 0.3) is 10.9 Å². The van der Waals surface area contributed by atoms with Gasteiger partial charge in [0.15, 0.2) is 0 Å². The zero-order valence-electron chi connectivity index (χ0n) is 15.5. The van der Waals surface area contributed by atoms with Crippen LogP contribution in [0.15, 0.2) is 18.2 Å². The van der Waals surface area contributed by atoms with E-state index in [1.807, 2.05) is 14.0 Å². The van der Waals surface area contributed by atoms with Crippen LogP contribution in [0.5, 0.6) is 0 Å². The molecule has 138 valence electrons. The molecule has 0 spiro atoms. The Balaban J connectivity index is 1.78. The molecule has 2 bridgehead atoms. The summed E-state index contributed by atoms with van der Waals surface area (Å²) in [5.74, 6) is 2.79. The van der Waals surface area contributed by atoms with Crippen LogP contribution in [0.1, 0.15) is 60.1 Å². The first-order valence-electron chi connectivity index (χ1n) is 9.52. The van der Waals surface area contributed by atoms with Gasteiger partial charge in [0.25, 0.3) is 0 Å². The molecule has 26 heavy (non-hydrogen) atoms. The van der Waals surface area contributed by atoms with Gasteiger partial charge < -0.3 is 14.7 Å². The quantitative estimate of drug-likeness (QED) is 0.437. The van der Waals surface area contributed by atoms with Gasteiger partial charge in [-0.3, -0.25) is 0 Å². The first-order chi connectivity index (χ1) is 12.6. The van der Waals surface area contributed by atoms with Crippen LogP contribution in [0.2, 0.25) is 0 Å². The Kier molecular flexibility index (Phi) is 4.82. The number of aryl methyl sites for hydroxylation is 1. The Morgan fingerprint density at radius 1 is 1.38 bits per heavy atom. The van der Waals surface area contributed by atoms with Crippen LogP contribution in [-0.2, 0) is 17.5 Å². The SMILES string of the molecule is CCOC(=O)c1c(CSC=N)n(C)c2cc(C3CC4CCC3C4)ccc12. The minimum atomic E-state index is -0.258. The lowest BCUT2D eigenvalue weighted by atomic mass is 9.83. The largest absolute Gasteiger partial charge is 0.462 e. The van der Waals surface area contributed by atoms with Crippen LogP contribution in [0.3, 0.4) is 0 Å². The number of ether oxygens (including phenoxy) is 1. The molecule has 3 atom stereocenters. The van der Waals surface area contributed by atoms with E-state index in [1.165, 1.54) is 48.6 Å². The van der Waals surface area contributed by atoms with Gasteiger partial charge in [-0.2, -0.15) is 0 Å². The molecule has 0 radical (unpaired) electrons. The Bertz CT molecular complexity index is 857. The summed E-state index contributed by atoms with van der Waals surface area (Å²) in [5.41, 5.74) is 5.46. The predicted molar refractivity (Wildman–Crippen MR) is 107 cm³/mol. The third-order valence-corrected chi connectivity index (χ3v) is 6.90. The number of hydrogen-bond acceptors (Lipinski definition) is 4. The molecule has 2 aromatic rings. The zero-order chi connectivity index (χ0) is 18.3. The minimum Gasteiger partial charge on any atom is -0.462 e. The van der Waals surface area contributed by atoms with E-state index in [0.29, 0.717) is 23.8 Å². The Labute approximate surface area is 158 Å². The lowest BCUT2D eigenvalue weighted by molar-refractivity contribution is 0.0527. The van der Waals surface area contributed by atoms with Gasteiger partial charge in [-0.15, -0.1) is 11.8 Å². The van der Waals surface area contributed by atoms with E-state index in [9.17, 15) is 4.79 Å². The van der Waals surface area contributed by atoms with E-state index < -0.39 is 0 Å². The normalized spacial score (nSPS) is 24.3. The number of carbonyl (C=O) groups excluding carboxylic acids is 1. The van der Waals surface area contributed by atoms with E-state index in [4.69, 9.17) is 10.1 Å². The van der Waals surface area contributed by atoms with Gasteiger partial charge in [-0.1, -0.05) is 18.6 Å². The van der Waals surface area contributed by atoms with Crippen molar-refractivity contribution >= 4 is 34.2 Å². The third kappa shape index (κ3) is 2.86. The van der Waals surface area contributed by atoms with Gasteiger partial charge in [-0.05, 0) is 55.6 Å². The maximum atomic E-state index is 12.6. The molecule has 0 amide bonds. The van der Waals surface area contributed by atoms with Gasteiger partial charge in [-0.25, -0.2) is 4.79 Å². The monoisotopic (exact) mass is 370 g/mol. The van der Waals surface area contributed by atoms with Crippen LogP contribution < -0.4 is 0 Å². The molecule has 2 saturated carbocycles. The topological polar surface area (TPSA) is 55.1 Å². The number of nitrogens with zero attached hydrogens (tertiary/aromatic N) is 1. The molecule has 2 aliphatic rings. The zero-order valence-corrected chi connectivity index (χ0v) is 16.3. The number of esters is 1. The first-order valence-corrected chi connectivity index (χ1v) is 10.6. The van der Waals surface area contributed by atoms with Crippen LogP contribution in [0.4, 0.5) is 0 Å². The lowest BCUT2D eigenvalue weighted by Crippen LogP contribution is -2.08. The summed E-state index contributed by atoms with van der Waals surface area (Å²) in [6.45, 7) is 2.21. The van der Waals surface area contributed by atoms with Crippen LogP contribution >= 0.6 is 11.8 Å². The van der Waals surface area contributed by atoms with Gasteiger partial charge >= 0.3 is 5.97 Å². The van der Waals surface area contributed by atoms with E-state index in [0.717, 1.165) is 28.4 Å². The average molecular weight is 371 g/mol. The highest BCUT2D eigenvalue weighted by atomic mass is 32.2. The Hall–Kier alpha value is -1.75. The van der Waals surface area contributed by atoms with E-state index >= 15 is 0 Å². The molecular weight excluding hydrogens is 344 g/mol. The maximum Gasteiger partial charge on any atom is 0.340 e. The highest BCUT2D eigenvalue weighted by Crippen LogP contribution is 2.53. The van der Waals surface area contributed by atoms with E-state index in [-0.39, 0.29) is 5.97 Å². The molecule has 1 aromatic carbocycles. The maximum absolute atomic E-state index is 12.6. The minimum absolute atomic E-state index is 0.258. The highest BCUT2D eigenvalue weighted by Gasteiger charge is 2.40. The number of carbonyl (C=O) groups is 1. The summed E-state index contributed by atoms with van der Waals surface area (Å²) in [6, 6.07) is 6.63. The lowest BCUT2D eigenvalue weighted by Gasteiger charge is -2.22. The van der Waals surface area contributed by atoms with Crippen molar-refractivity contribution in [1.29, 1.82) is 5.41 Å². The van der Waals surface area contributed by atoms with Crippen molar-refractivity contribution in [2.75, 3.05) is 6.61 Å². The number of fused-ring (bicyclic) bond motifs is 3. The number of nitrogens with one attached hydrogen (secondary N) is 1. The number of benzene rings is 1. The van der Waals surface area contributed by atoms with Gasteiger partial charge in [0.05, 0.1) is 17.7 Å². The average Bonchev–Trinajstić information content (AvgIpc) is 3.34. The van der Waals surface area contributed by atoms with E-state index in [2.05, 4.69) is 22.8 Å². The van der Waals surface area contributed by atoms with Gasteiger partial charge in [0.1, 0.15) is 0 Å². The fourth-order valence-corrected chi connectivity index (χ4v) is 5.69. The molecule has 4 rings (SSSR count). The summed E-state index contributed by atoms with van der Waals surface area (Å²) in [4.78, 5) is 12.6. The summed E-state index contributed by atoms with van der Waals surface area (Å²) in [7, 11) is 2.02. The van der Waals surface area contributed by atoms with Crippen molar-refractivity contribution < 1.29 is 9.53 Å². The van der Waals surface area contributed by atoms with Crippen molar-refractivity contribution in [1.82, 2.24) is 4.57 Å². The Morgan fingerprint density at radius 3 is 2.88 bits per heavy atom. The fourth-order valence-electron chi connectivity index (χ4n) is 5.11. The van der Waals surface area contributed by atoms with Gasteiger partial charge in [0.2, 0.25) is 0 Å². The highest BCUT2D eigenvalue weighted by molar-refractivity contribution is 8.11. The molecule has 0 aliphatic heterocycles.